The van der Waals surface area contributed by atoms with Gasteiger partial charge in [0.15, 0.2) is 0 Å². The maximum absolute atomic E-state index is 13.2. The van der Waals surface area contributed by atoms with Gasteiger partial charge in [-0.05, 0) is 74.4 Å². The minimum absolute atomic E-state index is 0.157. The van der Waals surface area contributed by atoms with Crippen LogP contribution in [-0.2, 0) is 28.1 Å². The van der Waals surface area contributed by atoms with Crippen molar-refractivity contribution in [3.63, 3.8) is 0 Å². The molecule has 0 saturated heterocycles. The molecule has 0 atom stereocenters. The summed E-state index contributed by atoms with van der Waals surface area (Å²) in [6.45, 7) is 10.6. The first kappa shape index (κ1) is 35.1. The van der Waals surface area contributed by atoms with E-state index in [4.69, 9.17) is 0 Å². The second-order valence-corrected chi connectivity index (χ2v) is 14.6. The number of rotatable bonds is 17. The average Bonchev–Trinajstić information content (AvgIpc) is 3.49. The largest absolute Gasteiger partial charge is 0.480 e. The van der Waals surface area contributed by atoms with E-state index in [0.29, 0.717) is 22.7 Å². The first-order valence-electron chi connectivity index (χ1n) is 16.0. The molecular weight excluding hydrogens is 617 g/mol. The zero-order valence-electron chi connectivity index (χ0n) is 27.4. The fourth-order valence-corrected chi connectivity index (χ4v) is 7.71. The number of carboxylic acids is 1. The monoisotopic (exact) mass is 662 g/mol. The Kier molecular flexibility index (Phi) is 12.4. The Morgan fingerprint density at radius 2 is 1.59 bits per heavy atom. The molecule has 3 aromatic carbocycles. The highest BCUT2D eigenvalue weighted by atomic mass is 32.2. The summed E-state index contributed by atoms with van der Waals surface area (Å²) in [7, 11) is -4.14. The molecule has 10 heteroatoms. The van der Waals surface area contributed by atoms with Crippen LogP contribution in [0.4, 0.5) is 11.4 Å². The summed E-state index contributed by atoms with van der Waals surface area (Å²) in [4.78, 5) is 18.6. The van der Waals surface area contributed by atoms with Gasteiger partial charge in [-0.15, -0.1) is 11.3 Å². The molecule has 4 rings (SSSR count). The second kappa shape index (κ2) is 16.2. The number of nitrogens with zero attached hydrogens (tertiary/aromatic N) is 3. The summed E-state index contributed by atoms with van der Waals surface area (Å²) >= 11 is 1.30. The number of aliphatic carboxylic acids is 1. The van der Waals surface area contributed by atoms with Gasteiger partial charge in [0.25, 0.3) is 0 Å². The summed E-state index contributed by atoms with van der Waals surface area (Å²) < 4.78 is 29.8. The van der Waals surface area contributed by atoms with Crippen molar-refractivity contribution in [2.24, 2.45) is 0 Å². The molecule has 2 N–H and O–H groups in total. The second-order valence-electron chi connectivity index (χ2n) is 12.0. The van der Waals surface area contributed by atoms with Crippen molar-refractivity contribution in [1.29, 1.82) is 0 Å². The van der Waals surface area contributed by atoms with Crippen LogP contribution in [0.15, 0.2) is 78.2 Å². The quantitative estimate of drug-likeness (QED) is 0.118. The van der Waals surface area contributed by atoms with E-state index >= 15 is 0 Å². The highest BCUT2D eigenvalue weighted by Gasteiger charge is 2.26. The van der Waals surface area contributed by atoms with Crippen LogP contribution < -0.4 is 9.62 Å². The van der Waals surface area contributed by atoms with Crippen LogP contribution in [0.25, 0.3) is 11.3 Å². The molecule has 1 heterocycles. The number of carboxylic acid groups (broad SMARTS) is 1. The van der Waals surface area contributed by atoms with Gasteiger partial charge in [0.2, 0.25) is 0 Å². The fourth-order valence-electron chi connectivity index (χ4n) is 5.60. The topological polar surface area (TPSA) is 103 Å². The van der Waals surface area contributed by atoms with Crippen LogP contribution >= 0.6 is 11.3 Å². The summed E-state index contributed by atoms with van der Waals surface area (Å²) in [6.07, 6.45) is 4.83. The number of aromatic nitrogens is 1. The van der Waals surface area contributed by atoms with Crippen molar-refractivity contribution in [2.45, 2.75) is 85.4 Å². The van der Waals surface area contributed by atoms with Gasteiger partial charge in [-0.25, -0.2) is 4.98 Å². The number of para-hydroxylation sites is 1. The normalized spacial score (nSPS) is 11.8. The van der Waals surface area contributed by atoms with Crippen molar-refractivity contribution in [1.82, 2.24) is 9.29 Å². The Labute approximate surface area is 278 Å². The average molecular weight is 663 g/mol. The Morgan fingerprint density at radius 1 is 0.935 bits per heavy atom. The van der Waals surface area contributed by atoms with Gasteiger partial charge >= 0.3 is 16.2 Å². The lowest BCUT2D eigenvalue weighted by Gasteiger charge is -2.30. The van der Waals surface area contributed by atoms with E-state index in [2.05, 4.69) is 78.7 Å². The lowest BCUT2D eigenvalue weighted by molar-refractivity contribution is -0.137. The molecule has 0 aliphatic rings. The number of anilines is 2. The summed E-state index contributed by atoms with van der Waals surface area (Å²) in [5, 5.41) is 11.8. The van der Waals surface area contributed by atoms with Gasteiger partial charge in [0.05, 0.1) is 17.9 Å². The Morgan fingerprint density at radius 3 is 2.17 bits per heavy atom. The number of aryl methyl sites for hydroxylation is 1. The van der Waals surface area contributed by atoms with E-state index in [1.165, 1.54) is 53.8 Å². The third-order valence-electron chi connectivity index (χ3n) is 8.10. The van der Waals surface area contributed by atoms with E-state index in [9.17, 15) is 18.3 Å². The molecule has 8 nitrogen and oxygen atoms in total. The van der Waals surface area contributed by atoms with Gasteiger partial charge in [-0.1, -0.05) is 81.3 Å². The molecule has 0 saturated carbocycles. The van der Waals surface area contributed by atoms with Crippen molar-refractivity contribution in [3.05, 3.63) is 99.9 Å². The number of thiazole rings is 1. The standard InChI is InChI=1S/C36H46N4O4S2/c1-6-10-29(11-7-2)30-18-20-32(21-19-30)40(26(3)4)22-28-14-16-31(17-15-28)34-25-45-35(37-34)23-39(24-36(41)42)46(43,44)38-33-13-9-8-12-27(33)5/h8-9,12-21,25-26,29,38H,6-7,10-11,22-24H2,1-5H3,(H,41,42). The number of hydrogen-bond donors (Lipinski definition) is 2. The lowest BCUT2D eigenvalue weighted by Crippen LogP contribution is -2.39. The molecule has 46 heavy (non-hydrogen) atoms. The molecule has 0 aliphatic heterocycles. The number of hydrogen-bond acceptors (Lipinski definition) is 6. The Hall–Kier alpha value is -3.73. The lowest BCUT2D eigenvalue weighted by atomic mass is 9.90. The van der Waals surface area contributed by atoms with E-state index < -0.39 is 22.7 Å². The molecule has 0 unspecified atom stereocenters. The van der Waals surface area contributed by atoms with Crippen LogP contribution in [0.2, 0.25) is 0 Å². The summed E-state index contributed by atoms with van der Waals surface area (Å²) in [6, 6.07) is 24.6. The predicted octanol–water partition coefficient (Wildman–Crippen LogP) is 8.46. The van der Waals surface area contributed by atoms with E-state index in [-0.39, 0.29) is 6.54 Å². The number of carbonyl (C=O) groups is 1. The van der Waals surface area contributed by atoms with Crippen molar-refractivity contribution in [3.8, 4) is 11.3 Å². The first-order chi connectivity index (χ1) is 22.0. The van der Waals surface area contributed by atoms with Crippen LogP contribution in [0.1, 0.15) is 81.0 Å². The zero-order chi connectivity index (χ0) is 33.3. The van der Waals surface area contributed by atoms with E-state index in [1.807, 2.05) is 17.5 Å². The van der Waals surface area contributed by atoms with E-state index in [0.717, 1.165) is 27.7 Å². The summed E-state index contributed by atoms with van der Waals surface area (Å²) in [5.41, 5.74) is 6.57. The highest BCUT2D eigenvalue weighted by Crippen LogP contribution is 2.30. The molecule has 0 amide bonds. The molecule has 0 bridgehead atoms. The minimum Gasteiger partial charge on any atom is -0.480 e. The van der Waals surface area contributed by atoms with Gasteiger partial charge in [-0.3, -0.25) is 9.52 Å². The Bertz CT molecular complexity index is 1660. The molecule has 0 radical (unpaired) electrons. The Balaban J connectivity index is 1.45. The van der Waals surface area contributed by atoms with Crippen LogP contribution in [0.5, 0.6) is 0 Å². The summed E-state index contributed by atoms with van der Waals surface area (Å²) in [5.74, 6) is -0.624. The van der Waals surface area contributed by atoms with Crippen molar-refractivity contribution < 1.29 is 18.3 Å². The third kappa shape index (κ3) is 9.40. The SMILES string of the molecule is CCCC(CCC)c1ccc(N(Cc2ccc(-c3csc(CN(CC(=O)O)S(=O)(=O)Nc4ccccc4C)n3)cc2)C(C)C)cc1. The zero-order valence-corrected chi connectivity index (χ0v) is 29.1. The number of benzene rings is 3. The molecule has 4 aromatic rings. The molecule has 0 spiro atoms. The van der Waals surface area contributed by atoms with Gasteiger partial charge in [0, 0.05) is 29.2 Å². The van der Waals surface area contributed by atoms with Crippen molar-refractivity contribution >= 4 is 38.9 Å². The van der Waals surface area contributed by atoms with Gasteiger partial charge in [-0.2, -0.15) is 12.7 Å². The predicted molar refractivity (Wildman–Crippen MR) is 190 cm³/mol. The third-order valence-corrected chi connectivity index (χ3v) is 10.3. The maximum Gasteiger partial charge on any atom is 0.318 e. The van der Waals surface area contributed by atoms with Crippen LogP contribution in [0, 0.1) is 6.92 Å². The molecular formula is C36H46N4O4S2. The molecule has 0 fully saturated rings. The molecule has 0 aliphatic carbocycles. The fraction of sp³-hybridized carbons (Fsp3) is 0.389. The van der Waals surface area contributed by atoms with Crippen LogP contribution in [0.3, 0.4) is 0 Å². The van der Waals surface area contributed by atoms with Gasteiger partial charge < -0.3 is 10.0 Å². The van der Waals surface area contributed by atoms with E-state index in [1.54, 1.807) is 31.2 Å². The van der Waals surface area contributed by atoms with Crippen molar-refractivity contribution in [2.75, 3.05) is 16.2 Å². The first-order valence-corrected chi connectivity index (χ1v) is 18.3. The minimum atomic E-state index is -4.14. The smallest absolute Gasteiger partial charge is 0.318 e. The van der Waals surface area contributed by atoms with Gasteiger partial charge in [0.1, 0.15) is 11.6 Å². The molecule has 246 valence electrons. The highest BCUT2D eigenvalue weighted by molar-refractivity contribution is 7.90. The maximum atomic E-state index is 13.2. The molecule has 1 aromatic heterocycles. The van der Waals surface area contributed by atoms with Crippen LogP contribution in [-0.4, -0.2) is 41.4 Å². The number of nitrogens with one attached hydrogen (secondary N) is 1.